The summed E-state index contributed by atoms with van der Waals surface area (Å²) in [6.45, 7) is 13.4. The van der Waals surface area contributed by atoms with Crippen molar-refractivity contribution in [2.75, 3.05) is 13.7 Å². The molecule has 3 aromatic carbocycles. The summed E-state index contributed by atoms with van der Waals surface area (Å²) in [5.41, 5.74) is 5.43. The standard InChI is InChI=1S/C38H46N2O4/c1-7-8-9-10-11-24-43-33-22-18-29(19-23-33)35-26-44-37(40-35)31-14-12-28(13-15-31)25-34(27(2)42-6)39-36(41)30-16-20-32(21-17-30)38(3,4)5/h12-23,26,34H,2,7-11,24-25H2,1,3-6H3,(H,39,41). The average molecular weight is 595 g/mol. The van der Waals surface area contributed by atoms with E-state index in [4.69, 9.17) is 18.9 Å². The monoisotopic (exact) mass is 594 g/mol. The second-order valence-electron chi connectivity index (χ2n) is 12.2. The molecule has 0 saturated heterocycles. The largest absolute Gasteiger partial charge is 0.500 e. The van der Waals surface area contributed by atoms with Gasteiger partial charge in [-0.05, 0) is 77.9 Å². The molecule has 1 unspecified atom stereocenters. The molecule has 232 valence electrons. The third kappa shape index (κ3) is 9.09. The van der Waals surface area contributed by atoms with Crippen LogP contribution in [0.15, 0.2) is 95.8 Å². The number of ether oxygens (including phenoxy) is 2. The number of hydrogen-bond acceptors (Lipinski definition) is 5. The Kier molecular flexibility index (Phi) is 11.4. The van der Waals surface area contributed by atoms with Crippen LogP contribution < -0.4 is 10.1 Å². The van der Waals surface area contributed by atoms with Crippen LogP contribution in [0.3, 0.4) is 0 Å². The van der Waals surface area contributed by atoms with Gasteiger partial charge in [-0.1, -0.05) is 84.2 Å². The van der Waals surface area contributed by atoms with Crippen molar-refractivity contribution >= 4 is 5.91 Å². The van der Waals surface area contributed by atoms with E-state index < -0.39 is 0 Å². The van der Waals surface area contributed by atoms with Crippen LogP contribution in [0.2, 0.25) is 0 Å². The summed E-state index contributed by atoms with van der Waals surface area (Å²) in [5.74, 6) is 1.74. The van der Waals surface area contributed by atoms with Gasteiger partial charge in [0.2, 0.25) is 5.89 Å². The zero-order valence-electron chi connectivity index (χ0n) is 26.8. The molecule has 0 saturated carbocycles. The highest BCUT2D eigenvalue weighted by Crippen LogP contribution is 2.27. The first-order valence-corrected chi connectivity index (χ1v) is 15.6. The maximum atomic E-state index is 13.1. The zero-order valence-corrected chi connectivity index (χ0v) is 26.8. The van der Waals surface area contributed by atoms with Gasteiger partial charge in [-0.3, -0.25) is 4.79 Å². The molecule has 4 rings (SSSR count). The molecule has 0 spiro atoms. The van der Waals surface area contributed by atoms with E-state index in [0.717, 1.165) is 41.2 Å². The van der Waals surface area contributed by atoms with E-state index in [9.17, 15) is 4.79 Å². The number of oxazole rings is 1. The van der Waals surface area contributed by atoms with Crippen molar-refractivity contribution in [3.63, 3.8) is 0 Å². The molecule has 0 fully saturated rings. The molecule has 0 aliphatic heterocycles. The SMILES string of the molecule is C=C(OC)C(Cc1ccc(-c2nc(-c3ccc(OCCCCCCC)cc3)co2)cc1)NC(=O)c1ccc(C(C)(C)C)cc1. The number of unbranched alkanes of at least 4 members (excludes halogenated alkanes) is 4. The fraction of sp³-hybridized carbons (Fsp3) is 0.368. The lowest BCUT2D eigenvalue weighted by Gasteiger charge is -2.21. The van der Waals surface area contributed by atoms with Gasteiger partial charge in [0, 0.05) is 16.7 Å². The van der Waals surface area contributed by atoms with Crippen LogP contribution in [-0.4, -0.2) is 30.6 Å². The van der Waals surface area contributed by atoms with E-state index in [1.165, 1.54) is 31.2 Å². The molecule has 1 heterocycles. The molecule has 1 N–H and O–H groups in total. The smallest absolute Gasteiger partial charge is 0.251 e. The highest BCUT2D eigenvalue weighted by Gasteiger charge is 2.20. The maximum absolute atomic E-state index is 13.1. The summed E-state index contributed by atoms with van der Waals surface area (Å²) in [6, 6.07) is 23.3. The molecule has 6 nitrogen and oxygen atoms in total. The number of methoxy groups -OCH3 is 1. The molecule has 4 aromatic rings. The van der Waals surface area contributed by atoms with Crippen molar-refractivity contribution in [3.05, 3.63) is 108 Å². The fourth-order valence-electron chi connectivity index (χ4n) is 4.93. The van der Waals surface area contributed by atoms with Gasteiger partial charge in [-0.2, -0.15) is 0 Å². The molecule has 44 heavy (non-hydrogen) atoms. The highest BCUT2D eigenvalue weighted by molar-refractivity contribution is 5.94. The minimum Gasteiger partial charge on any atom is -0.500 e. The summed E-state index contributed by atoms with van der Waals surface area (Å²) in [5, 5.41) is 3.08. The lowest BCUT2D eigenvalue weighted by atomic mass is 9.86. The van der Waals surface area contributed by atoms with Crippen molar-refractivity contribution in [1.82, 2.24) is 10.3 Å². The Balaban J connectivity index is 1.35. The fourth-order valence-corrected chi connectivity index (χ4v) is 4.93. The quantitative estimate of drug-likeness (QED) is 0.110. The van der Waals surface area contributed by atoms with Gasteiger partial charge in [0.05, 0.1) is 19.8 Å². The van der Waals surface area contributed by atoms with Gasteiger partial charge in [0.25, 0.3) is 5.91 Å². The van der Waals surface area contributed by atoms with E-state index in [0.29, 0.717) is 23.6 Å². The van der Waals surface area contributed by atoms with Gasteiger partial charge < -0.3 is 19.2 Å². The van der Waals surface area contributed by atoms with Crippen molar-refractivity contribution in [2.24, 2.45) is 0 Å². The molecule has 0 aliphatic rings. The minimum absolute atomic E-state index is 0.0223. The van der Waals surface area contributed by atoms with Crippen LogP contribution in [0.4, 0.5) is 0 Å². The minimum atomic E-state index is -0.387. The lowest BCUT2D eigenvalue weighted by molar-refractivity contribution is 0.0929. The topological polar surface area (TPSA) is 73.6 Å². The molecular formula is C38H46N2O4. The van der Waals surface area contributed by atoms with E-state index in [1.54, 1.807) is 13.4 Å². The molecule has 0 radical (unpaired) electrons. The number of amides is 1. The first kappa shape index (κ1) is 32.6. The summed E-state index contributed by atoms with van der Waals surface area (Å²) >= 11 is 0. The Morgan fingerprint density at radius 3 is 2.20 bits per heavy atom. The van der Waals surface area contributed by atoms with Crippen LogP contribution in [0.25, 0.3) is 22.7 Å². The molecule has 1 amide bonds. The van der Waals surface area contributed by atoms with Gasteiger partial charge in [-0.25, -0.2) is 4.98 Å². The predicted molar refractivity (Wildman–Crippen MR) is 178 cm³/mol. The molecule has 0 bridgehead atoms. The van der Waals surface area contributed by atoms with E-state index >= 15 is 0 Å². The molecular weight excluding hydrogens is 548 g/mol. The Bertz CT molecular complexity index is 1480. The number of nitrogens with zero attached hydrogens (tertiary/aromatic N) is 1. The first-order valence-electron chi connectivity index (χ1n) is 15.6. The maximum Gasteiger partial charge on any atom is 0.251 e. The summed E-state index contributed by atoms with van der Waals surface area (Å²) in [7, 11) is 1.57. The number of rotatable bonds is 15. The Hall–Kier alpha value is -4.32. The molecule has 1 aromatic heterocycles. The van der Waals surface area contributed by atoms with Gasteiger partial charge in [0.15, 0.2) is 0 Å². The number of carbonyl (C=O) groups is 1. The summed E-state index contributed by atoms with van der Waals surface area (Å²) < 4.78 is 17.1. The number of aromatic nitrogens is 1. The molecule has 1 atom stereocenters. The summed E-state index contributed by atoms with van der Waals surface area (Å²) in [6.07, 6.45) is 8.30. The van der Waals surface area contributed by atoms with E-state index in [2.05, 4.69) is 39.6 Å². The van der Waals surface area contributed by atoms with E-state index in [1.807, 2.05) is 72.8 Å². The van der Waals surface area contributed by atoms with Crippen LogP contribution in [0, 0.1) is 0 Å². The summed E-state index contributed by atoms with van der Waals surface area (Å²) in [4.78, 5) is 17.8. The predicted octanol–water partition coefficient (Wildman–Crippen LogP) is 9.16. The number of benzene rings is 3. The second-order valence-corrected chi connectivity index (χ2v) is 12.2. The zero-order chi connectivity index (χ0) is 31.5. The van der Waals surface area contributed by atoms with Crippen molar-refractivity contribution in [3.8, 4) is 28.5 Å². The Labute approximate surface area is 262 Å². The van der Waals surface area contributed by atoms with Crippen molar-refractivity contribution < 1.29 is 18.7 Å². The Morgan fingerprint density at radius 2 is 1.57 bits per heavy atom. The van der Waals surface area contributed by atoms with Crippen molar-refractivity contribution in [2.45, 2.75) is 77.7 Å². The van der Waals surface area contributed by atoms with Crippen LogP contribution in [0.5, 0.6) is 5.75 Å². The average Bonchev–Trinajstić information content (AvgIpc) is 3.53. The second kappa shape index (κ2) is 15.4. The Morgan fingerprint density at radius 1 is 0.909 bits per heavy atom. The number of carbonyl (C=O) groups excluding carboxylic acids is 1. The molecule has 6 heteroatoms. The number of hydrogen-bond donors (Lipinski definition) is 1. The van der Waals surface area contributed by atoms with E-state index in [-0.39, 0.29) is 17.4 Å². The first-order chi connectivity index (χ1) is 21.2. The van der Waals surface area contributed by atoms with Crippen LogP contribution >= 0.6 is 0 Å². The lowest BCUT2D eigenvalue weighted by Crippen LogP contribution is -2.38. The number of nitrogens with one attached hydrogen (secondary N) is 1. The third-order valence-electron chi connectivity index (χ3n) is 7.78. The van der Waals surface area contributed by atoms with Gasteiger partial charge in [-0.15, -0.1) is 0 Å². The van der Waals surface area contributed by atoms with Crippen molar-refractivity contribution in [1.29, 1.82) is 0 Å². The van der Waals surface area contributed by atoms with Gasteiger partial charge in [0.1, 0.15) is 23.5 Å². The normalized spacial score (nSPS) is 12.0. The van der Waals surface area contributed by atoms with Gasteiger partial charge >= 0.3 is 0 Å². The third-order valence-corrected chi connectivity index (χ3v) is 7.78. The van der Waals surface area contributed by atoms with Crippen LogP contribution in [0.1, 0.15) is 81.3 Å². The molecule has 0 aliphatic carbocycles. The highest BCUT2D eigenvalue weighted by atomic mass is 16.5. The van der Waals surface area contributed by atoms with Crippen LogP contribution in [-0.2, 0) is 16.6 Å².